The van der Waals surface area contributed by atoms with Gasteiger partial charge in [0.25, 0.3) is 0 Å². The van der Waals surface area contributed by atoms with E-state index in [1.54, 1.807) is 22.9 Å². The summed E-state index contributed by atoms with van der Waals surface area (Å²) in [7, 11) is 0. The third kappa shape index (κ3) is 2.37. The minimum absolute atomic E-state index is 0.0694. The molecule has 16 heavy (non-hydrogen) atoms. The van der Waals surface area contributed by atoms with Crippen molar-refractivity contribution in [3.63, 3.8) is 0 Å². The van der Waals surface area contributed by atoms with Crippen LogP contribution in [0, 0.1) is 10.6 Å². The molecule has 0 saturated heterocycles. The van der Waals surface area contributed by atoms with Crippen LogP contribution in [0.3, 0.4) is 0 Å². The molecule has 0 aliphatic heterocycles. The summed E-state index contributed by atoms with van der Waals surface area (Å²) in [6.07, 6.45) is 1.76. The van der Waals surface area contributed by atoms with Gasteiger partial charge in [0, 0.05) is 12.7 Å². The summed E-state index contributed by atoms with van der Waals surface area (Å²) in [5.74, 6) is -0.252. The number of aromatic nitrogens is 2. The summed E-state index contributed by atoms with van der Waals surface area (Å²) in [4.78, 5) is 2.88. The molecule has 84 valence electrons. The maximum atomic E-state index is 12.7. The number of imidazole rings is 1. The van der Waals surface area contributed by atoms with Crippen molar-refractivity contribution in [1.29, 1.82) is 0 Å². The van der Waals surface area contributed by atoms with Crippen LogP contribution in [-0.2, 0) is 13.2 Å². The maximum absolute atomic E-state index is 12.7. The predicted octanol–water partition coefficient (Wildman–Crippen LogP) is 2.23. The summed E-state index contributed by atoms with van der Waals surface area (Å²) < 4.78 is 15.0. The van der Waals surface area contributed by atoms with Crippen LogP contribution in [-0.4, -0.2) is 14.7 Å². The normalized spacial score (nSPS) is 10.6. The Labute approximate surface area is 97.2 Å². The molecule has 0 fully saturated rings. The van der Waals surface area contributed by atoms with Gasteiger partial charge in [0.15, 0.2) is 4.77 Å². The van der Waals surface area contributed by atoms with Crippen molar-refractivity contribution in [1.82, 2.24) is 9.55 Å². The number of halogens is 1. The topological polar surface area (TPSA) is 41.0 Å². The zero-order valence-electron chi connectivity index (χ0n) is 8.48. The van der Waals surface area contributed by atoms with Gasteiger partial charge in [-0.05, 0) is 29.9 Å². The molecule has 5 heteroatoms. The Bertz CT molecular complexity index is 530. The number of nitrogens with one attached hydrogen (secondary N) is 1. The average Bonchev–Trinajstić information content (AvgIpc) is 2.63. The number of aliphatic hydroxyl groups is 1. The fraction of sp³-hybridized carbons (Fsp3) is 0.182. The van der Waals surface area contributed by atoms with Crippen molar-refractivity contribution in [3.05, 3.63) is 52.3 Å². The first-order valence-corrected chi connectivity index (χ1v) is 5.23. The van der Waals surface area contributed by atoms with Crippen molar-refractivity contribution >= 4 is 12.2 Å². The fourth-order valence-electron chi connectivity index (χ4n) is 1.47. The highest BCUT2D eigenvalue weighted by molar-refractivity contribution is 7.71. The lowest BCUT2D eigenvalue weighted by atomic mass is 10.2. The van der Waals surface area contributed by atoms with E-state index in [1.807, 2.05) is 0 Å². The molecule has 2 aromatic rings. The number of nitrogens with zero attached hydrogens (tertiary/aromatic N) is 1. The highest BCUT2D eigenvalue weighted by atomic mass is 32.1. The van der Waals surface area contributed by atoms with E-state index in [9.17, 15) is 4.39 Å². The minimum atomic E-state index is -0.252. The Kier molecular flexibility index (Phi) is 3.17. The lowest BCUT2D eigenvalue weighted by molar-refractivity contribution is 0.277. The summed E-state index contributed by atoms with van der Waals surface area (Å²) >= 11 is 5.09. The van der Waals surface area contributed by atoms with Gasteiger partial charge in [-0.1, -0.05) is 12.1 Å². The van der Waals surface area contributed by atoms with Crippen LogP contribution >= 0.6 is 12.2 Å². The van der Waals surface area contributed by atoms with Gasteiger partial charge in [0.2, 0.25) is 0 Å². The molecule has 2 rings (SSSR count). The number of hydrogen-bond acceptors (Lipinski definition) is 2. The molecule has 3 nitrogen and oxygen atoms in total. The molecule has 0 saturated carbocycles. The molecule has 0 unspecified atom stereocenters. The van der Waals surface area contributed by atoms with E-state index in [1.165, 1.54) is 12.1 Å². The molecular formula is C11H11FN2OS. The second-order valence-corrected chi connectivity index (χ2v) is 3.88. The third-order valence-corrected chi connectivity index (χ3v) is 2.61. The van der Waals surface area contributed by atoms with Gasteiger partial charge in [-0.3, -0.25) is 0 Å². The highest BCUT2D eigenvalue weighted by Crippen LogP contribution is 2.07. The quantitative estimate of drug-likeness (QED) is 0.805. The van der Waals surface area contributed by atoms with Crippen molar-refractivity contribution in [2.24, 2.45) is 0 Å². The molecule has 0 radical (unpaired) electrons. The highest BCUT2D eigenvalue weighted by Gasteiger charge is 2.00. The van der Waals surface area contributed by atoms with Crippen LogP contribution in [0.25, 0.3) is 0 Å². The van der Waals surface area contributed by atoms with Gasteiger partial charge >= 0.3 is 0 Å². The standard InChI is InChI=1S/C11H11FN2OS/c12-9-3-1-8(2-4-9)5-14-6-10(7-15)13-11(14)16/h1-4,6,15H,5,7H2,(H,13,16). The van der Waals surface area contributed by atoms with Gasteiger partial charge in [0.1, 0.15) is 5.82 Å². The van der Waals surface area contributed by atoms with E-state index in [-0.39, 0.29) is 12.4 Å². The van der Waals surface area contributed by atoms with Crippen molar-refractivity contribution < 1.29 is 9.50 Å². The Hall–Kier alpha value is -1.46. The molecule has 0 spiro atoms. The fourth-order valence-corrected chi connectivity index (χ4v) is 1.72. The lowest BCUT2D eigenvalue weighted by Gasteiger charge is -2.02. The number of benzene rings is 1. The average molecular weight is 238 g/mol. The summed E-state index contributed by atoms with van der Waals surface area (Å²) in [6.45, 7) is 0.496. The number of hydrogen-bond donors (Lipinski definition) is 2. The predicted molar refractivity (Wildman–Crippen MR) is 61.0 cm³/mol. The molecule has 1 aromatic heterocycles. The molecule has 0 bridgehead atoms. The van der Waals surface area contributed by atoms with Crippen LogP contribution < -0.4 is 0 Å². The first-order chi connectivity index (χ1) is 7.69. The molecule has 1 aromatic carbocycles. The number of aromatic amines is 1. The van der Waals surface area contributed by atoms with E-state index in [4.69, 9.17) is 17.3 Å². The van der Waals surface area contributed by atoms with Crippen molar-refractivity contribution in [3.8, 4) is 0 Å². The first kappa shape index (κ1) is 11.0. The van der Waals surface area contributed by atoms with E-state index in [2.05, 4.69) is 4.98 Å². The van der Waals surface area contributed by atoms with Gasteiger partial charge in [-0.15, -0.1) is 0 Å². The first-order valence-electron chi connectivity index (χ1n) is 4.82. The molecule has 2 N–H and O–H groups in total. The molecular weight excluding hydrogens is 227 g/mol. The van der Waals surface area contributed by atoms with Crippen LogP contribution in [0.5, 0.6) is 0 Å². The SMILES string of the molecule is OCc1cn(Cc2ccc(F)cc2)c(=S)[nH]1. The molecule has 0 aliphatic carbocycles. The second kappa shape index (κ2) is 4.59. The minimum Gasteiger partial charge on any atom is -0.390 e. The monoisotopic (exact) mass is 238 g/mol. The molecule has 0 amide bonds. The molecule has 0 aliphatic rings. The number of H-pyrrole nitrogens is 1. The number of aliphatic hydroxyl groups excluding tert-OH is 1. The van der Waals surface area contributed by atoms with Crippen LogP contribution in [0.4, 0.5) is 4.39 Å². The maximum Gasteiger partial charge on any atom is 0.177 e. The van der Waals surface area contributed by atoms with Crippen LogP contribution in [0.15, 0.2) is 30.5 Å². The van der Waals surface area contributed by atoms with E-state index in [0.29, 0.717) is 17.0 Å². The Balaban J connectivity index is 2.23. The smallest absolute Gasteiger partial charge is 0.177 e. The summed E-state index contributed by atoms with van der Waals surface area (Å²) in [6, 6.07) is 6.25. The zero-order chi connectivity index (χ0) is 11.5. The second-order valence-electron chi connectivity index (χ2n) is 3.50. The van der Waals surface area contributed by atoms with Crippen molar-refractivity contribution in [2.45, 2.75) is 13.2 Å². The summed E-state index contributed by atoms with van der Waals surface area (Å²) in [5.41, 5.74) is 1.63. The Morgan fingerprint density at radius 2 is 2.00 bits per heavy atom. The van der Waals surface area contributed by atoms with E-state index < -0.39 is 0 Å². The Morgan fingerprint density at radius 1 is 1.31 bits per heavy atom. The molecule has 0 atom stereocenters. The zero-order valence-corrected chi connectivity index (χ0v) is 9.30. The van der Waals surface area contributed by atoms with Gasteiger partial charge in [0.05, 0.1) is 12.3 Å². The third-order valence-electron chi connectivity index (χ3n) is 2.28. The van der Waals surface area contributed by atoms with Gasteiger partial charge in [-0.25, -0.2) is 4.39 Å². The van der Waals surface area contributed by atoms with Crippen molar-refractivity contribution in [2.75, 3.05) is 0 Å². The van der Waals surface area contributed by atoms with Gasteiger partial charge < -0.3 is 14.7 Å². The van der Waals surface area contributed by atoms with Gasteiger partial charge in [-0.2, -0.15) is 0 Å². The largest absolute Gasteiger partial charge is 0.390 e. The summed E-state index contributed by atoms with van der Waals surface area (Å²) in [5, 5.41) is 8.94. The lowest BCUT2D eigenvalue weighted by Crippen LogP contribution is -1.98. The van der Waals surface area contributed by atoms with E-state index >= 15 is 0 Å². The molecule has 1 heterocycles. The van der Waals surface area contributed by atoms with E-state index in [0.717, 1.165) is 5.56 Å². The van der Waals surface area contributed by atoms with Crippen LogP contribution in [0.2, 0.25) is 0 Å². The number of rotatable bonds is 3. The Morgan fingerprint density at radius 3 is 2.56 bits per heavy atom. The van der Waals surface area contributed by atoms with Crippen LogP contribution in [0.1, 0.15) is 11.3 Å².